The van der Waals surface area contributed by atoms with Crippen LogP contribution in [0.15, 0.2) is 47.1 Å². The van der Waals surface area contributed by atoms with E-state index in [1.165, 1.54) is 4.70 Å². The minimum Gasteiger partial charge on any atom is -0.354 e. The minimum atomic E-state index is 0.0411. The molecule has 124 valence electrons. The molecule has 1 aromatic carbocycles. The quantitative estimate of drug-likeness (QED) is 0.476. The van der Waals surface area contributed by atoms with Crippen molar-refractivity contribution in [3.8, 4) is 0 Å². The summed E-state index contributed by atoms with van der Waals surface area (Å²) in [5, 5.41) is 5.92. The molecule has 0 unspecified atom stereocenters. The van der Waals surface area contributed by atoms with Crippen LogP contribution in [-0.4, -0.2) is 39.7 Å². The van der Waals surface area contributed by atoms with Crippen LogP contribution in [0.1, 0.15) is 6.42 Å². The van der Waals surface area contributed by atoms with Crippen molar-refractivity contribution in [2.24, 2.45) is 0 Å². The zero-order valence-electron chi connectivity index (χ0n) is 12.9. The number of rotatable bonds is 8. The van der Waals surface area contributed by atoms with Gasteiger partial charge < -0.3 is 10.6 Å². The monoisotopic (exact) mass is 359 g/mol. The van der Waals surface area contributed by atoms with Gasteiger partial charge in [0.2, 0.25) is 11.9 Å². The van der Waals surface area contributed by atoms with Crippen LogP contribution in [0.2, 0.25) is 0 Å². The van der Waals surface area contributed by atoms with Crippen molar-refractivity contribution in [3.63, 3.8) is 0 Å². The summed E-state index contributed by atoms with van der Waals surface area (Å²) in [7, 11) is 0. The van der Waals surface area contributed by atoms with Crippen LogP contribution in [-0.2, 0) is 4.79 Å². The van der Waals surface area contributed by atoms with Crippen molar-refractivity contribution < 1.29 is 4.79 Å². The van der Waals surface area contributed by atoms with Gasteiger partial charge in [0, 0.05) is 37.7 Å². The van der Waals surface area contributed by atoms with Gasteiger partial charge in [-0.1, -0.05) is 23.9 Å². The van der Waals surface area contributed by atoms with Gasteiger partial charge >= 0.3 is 0 Å². The number of para-hydroxylation sites is 1. The van der Waals surface area contributed by atoms with Crippen LogP contribution in [0.5, 0.6) is 0 Å². The summed E-state index contributed by atoms with van der Waals surface area (Å²) in [6, 6.07) is 9.82. The standard InChI is InChI=1S/C16H17N5OS2/c22-14(17-9-10-20-15-18-7-3-8-19-15)6-11-23-16-21-12-4-1-2-5-13(12)24-16/h1-5,7-8H,6,9-11H2,(H,17,22)(H,18,19,20). The molecule has 0 atom stereocenters. The Morgan fingerprint density at radius 3 is 2.79 bits per heavy atom. The van der Waals surface area contributed by atoms with E-state index in [1.807, 2.05) is 18.2 Å². The highest BCUT2D eigenvalue weighted by molar-refractivity contribution is 8.01. The Labute approximate surface area is 148 Å². The first-order valence-corrected chi connectivity index (χ1v) is 9.37. The molecule has 6 nitrogen and oxygen atoms in total. The molecule has 0 aliphatic heterocycles. The lowest BCUT2D eigenvalue weighted by Gasteiger charge is -2.06. The van der Waals surface area contributed by atoms with Gasteiger partial charge in [0.05, 0.1) is 10.2 Å². The average Bonchev–Trinajstić information content (AvgIpc) is 3.02. The van der Waals surface area contributed by atoms with Crippen molar-refractivity contribution >= 4 is 45.2 Å². The zero-order chi connectivity index (χ0) is 16.6. The fourth-order valence-electron chi connectivity index (χ4n) is 2.00. The number of nitrogens with one attached hydrogen (secondary N) is 2. The number of aromatic nitrogens is 3. The maximum Gasteiger partial charge on any atom is 0.222 e. The van der Waals surface area contributed by atoms with Crippen LogP contribution in [0.3, 0.4) is 0 Å². The van der Waals surface area contributed by atoms with E-state index in [0.29, 0.717) is 25.5 Å². The molecule has 0 aliphatic rings. The van der Waals surface area contributed by atoms with E-state index in [4.69, 9.17) is 0 Å². The zero-order valence-corrected chi connectivity index (χ0v) is 14.6. The van der Waals surface area contributed by atoms with Gasteiger partial charge in [-0.2, -0.15) is 0 Å². The third-order valence-electron chi connectivity index (χ3n) is 3.12. The highest BCUT2D eigenvalue weighted by atomic mass is 32.2. The Morgan fingerprint density at radius 2 is 1.96 bits per heavy atom. The lowest BCUT2D eigenvalue weighted by Crippen LogP contribution is -2.29. The molecular weight excluding hydrogens is 342 g/mol. The summed E-state index contributed by atoms with van der Waals surface area (Å²) in [6.07, 6.45) is 3.82. The Hall–Kier alpha value is -2.19. The number of thioether (sulfide) groups is 1. The van der Waals surface area contributed by atoms with Crippen LogP contribution in [0.4, 0.5) is 5.95 Å². The van der Waals surface area contributed by atoms with Gasteiger partial charge in [-0.3, -0.25) is 4.79 Å². The fourth-order valence-corrected chi connectivity index (χ4v) is 4.08. The van der Waals surface area contributed by atoms with Gasteiger partial charge in [0.1, 0.15) is 0 Å². The second kappa shape index (κ2) is 8.60. The number of fused-ring (bicyclic) bond motifs is 1. The van der Waals surface area contributed by atoms with Crippen LogP contribution < -0.4 is 10.6 Å². The van der Waals surface area contributed by atoms with Crippen LogP contribution in [0, 0.1) is 0 Å². The van der Waals surface area contributed by atoms with Crippen molar-refractivity contribution in [2.75, 3.05) is 24.2 Å². The summed E-state index contributed by atoms with van der Waals surface area (Å²) in [5.74, 6) is 1.33. The molecular formula is C16H17N5OS2. The number of benzene rings is 1. The predicted octanol–water partition coefficient (Wildman–Crippen LogP) is 2.80. The van der Waals surface area contributed by atoms with Gasteiger partial charge in [0.25, 0.3) is 0 Å². The summed E-state index contributed by atoms with van der Waals surface area (Å²) in [4.78, 5) is 24.5. The van der Waals surface area contributed by atoms with Gasteiger partial charge in [-0.25, -0.2) is 15.0 Å². The van der Waals surface area contributed by atoms with Crippen LogP contribution in [0.25, 0.3) is 10.2 Å². The molecule has 0 bridgehead atoms. The molecule has 2 N–H and O–H groups in total. The number of carbonyl (C=O) groups excluding carboxylic acids is 1. The Balaban J connectivity index is 1.32. The molecule has 3 aromatic rings. The Kier molecular flexibility index (Phi) is 5.97. The average molecular weight is 359 g/mol. The second-order valence-electron chi connectivity index (χ2n) is 4.90. The number of thiazole rings is 1. The number of hydrogen-bond donors (Lipinski definition) is 2. The largest absolute Gasteiger partial charge is 0.354 e. The normalized spacial score (nSPS) is 10.7. The SMILES string of the molecule is O=C(CCSc1nc2ccccc2s1)NCCNc1ncccn1. The highest BCUT2D eigenvalue weighted by Gasteiger charge is 2.06. The smallest absolute Gasteiger partial charge is 0.222 e. The van der Waals surface area contributed by atoms with E-state index >= 15 is 0 Å². The molecule has 0 saturated heterocycles. The topological polar surface area (TPSA) is 79.8 Å². The lowest BCUT2D eigenvalue weighted by atomic mass is 10.3. The summed E-state index contributed by atoms with van der Waals surface area (Å²) in [6.45, 7) is 1.14. The first-order valence-electron chi connectivity index (χ1n) is 7.57. The van der Waals surface area contributed by atoms with Crippen LogP contribution >= 0.6 is 23.1 Å². The van der Waals surface area contributed by atoms with Gasteiger partial charge in [-0.15, -0.1) is 11.3 Å². The molecule has 0 saturated carbocycles. The predicted molar refractivity (Wildman–Crippen MR) is 98.5 cm³/mol. The second-order valence-corrected chi connectivity index (χ2v) is 7.27. The molecule has 0 fully saturated rings. The molecule has 2 aromatic heterocycles. The molecule has 24 heavy (non-hydrogen) atoms. The molecule has 1 amide bonds. The third kappa shape index (κ3) is 4.90. The Bertz CT molecular complexity index is 760. The third-order valence-corrected chi connectivity index (χ3v) is 5.31. The molecule has 0 spiro atoms. The van der Waals surface area contributed by atoms with E-state index < -0.39 is 0 Å². The molecule has 0 aliphatic carbocycles. The van der Waals surface area contributed by atoms with Gasteiger partial charge in [0.15, 0.2) is 4.34 Å². The minimum absolute atomic E-state index is 0.0411. The summed E-state index contributed by atoms with van der Waals surface area (Å²) < 4.78 is 2.19. The van der Waals surface area contributed by atoms with E-state index in [0.717, 1.165) is 15.6 Å². The maximum absolute atomic E-state index is 11.8. The Morgan fingerprint density at radius 1 is 1.12 bits per heavy atom. The van der Waals surface area contributed by atoms with E-state index in [-0.39, 0.29) is 5.91 Å². The molecule has 3 rings (SSSR count). The molecule has 2 heterocycles. The van der Waals surface area contributed by atoms with Crippen molar-refractivity contribution in [1.82, 2.24) is 20.3 Å². The fraction of sp³-hybridized carbons (Fsp3) is 0.250. The number of carbonyl (C=O) groups is 1. The first-order chi connectivity index (χ1) is 11.8. The number of amides is 1. The van der Waals surface area contributed by atoms with E-state index in [2.05, 4.69) is 31.7 Å². The molecule has 8 heteroatoms. The lowest BCUT2D eigenvalue weighted by molar-refractivity contribution is -0.120. The number of nitrogens with zero attached hydrogens (tertiary/aromatic N) is 3. The van der Waals surface area contributed by atoms with E-state index in [1.54, 1.807) is 41.6 Å². The van der Waals surface area contributed by atoms with Gasteiger partial charge in [-0.05, 0) is 18.2 Å². The van der Waals surface area contributed by atoms with Crippen molar-refractivity contribution in [3.05, 3.63) is 42.7 Å². The highest BCUT2D eigenvalue weighted by Crippen LogP contribution is 2.29. The summed E-state index contributed by atoms with van der Waals surface area (Å²) >= 11 is 3.29. The van der Waals surface area contributed by atoms with Crippen molar-refractivity contribution in [2.45, 2.75) is 10.8 Å². The maximum atomic E-state index is 11.8. The first kappa shape index (κ1) is 16.7. The van der Waals surface area contributed by atoms with Crippen molar-refractivity contribution in [1.29, 1.82) is 0 Å². The summed E-state index contributed by atoms with van der Waals surface area (Å²) in [5.41, 5.74) is 1.02. The number of anilines is 1. The molecule has 0 radical (unpaired) electrons. The van der Waals surface area contributed by atoms with E-state index in [9.17, 15) is 4.79 Å². The number of hydrogen-bond acceptors (Lipinski definition) is 7.